The van der Waals surface area contributed by atoms with E-state index in [1.54, 1.807) is 6.20 Å². The second kappa shape index (κ2) is 6.95. The summed E-state index contributed by atoms with van der Waals surface area (Å²) in [5.41, 5.74) is 0.904. The number of aryl methyl sites for hydroxylation is 1. The average molecular weight is 316 g/mol. The van der Waals surface area contributed by atoms with Crippen molar-refractivity contribution in [2.75, 3.05) is 17.2 Å². The van der Waals surface area contributed by atoms with Gasteiger partial charge >= 0.3 is 0 Å². The quantitative estimate of drug-likeness (QED) is 0.751. The van der Waals surface area contributed by atoms with E-state index in [0.29, 0.717) is 11.9 Å². The monoisotopic (exact) mass is 316 g/mol. The number of nitrogens with one attached hydrogen (secondary N) is 2. The summed E-state index contributed by atoms with van der Waals surface area (Å²) in [7, 11) is 0. The molecule has 2 aromatic heterocycles. The maximum absolute atomic E-state index is 10.3. The molecule has 0 spiro atoms. The zero-order chi connectivity index (χ0) is 16.2. The highest BCUT2D eigenvalue weighted by molar-refractivity contribution is 5.42. The van der Waals surface area contributed by atoms with Crippen molar-refractivity contribution in [2.24, 2.45) is 5.92 Å². The van der Waals surface area contributed by atoms with Crippen molar-refractivity contribution in [3.63, 3.8) is 0 Å². The summed E-state index contributed by atoms with van der Waals surface area (Å²) in [6, 6.07) is 1.90. The molecule has 7 heteroatoms. The van der Waals surface area contributed by atoms with Crippen molar-refractivity contribution in [1.29, 1.82) is 0 Å². The highest BCUT2D eigenvalue weighted by atomic mass is 16.3. The van der Waals surface area contributed by atoms with Crippen LogP contribution in [0.25, 0.3) is 0 Å². The van der Waals surface area contributed by atoms with Crippen LogP contribution in [0.2, 0.25) is 0 Å². The molecule has 0 amide bonds. The van der Waals surface area contributed by atoms with E-state index in [-0.39, 0.29) is 12.1 Å². The lowest BCUT2D eigenvalue weighted by atomic mass is 10.1. The molecule has 2 aromatic rings. The minimum Gasteiger partial charge on any atom is -0.391 e. The van der Waals surface area contributed by atoms with Gasteiger partial charge in [-0.05, 0) is 32.6 Å². The summed E-state index contributed by atoms with van der Waals surface area (Å²) >= 11 is 0. The van der Waals surface area contributed by atoms with Crippen LogP contribution in [0.15, 0.2) is 24.8 Å². The third kappa shape index (κ3) is 3.98. The summed E-state index contributed by atoms with van der Waals surface area (Å²) in [5, 5.41) is 16.8. The molecule has 0 radical (unpaired) electrons. The van der Waals surface area contributed by atoms with Crippen LogP contribution >= 0.6 is 0 Å². The van der Waals surface area contributed by atoms with Crippen molar-refractivity contribution in [2.45, 2.75) is 45.4 Å². The zero-order valence-electron chi connectivity index (χ0n) is 13.6. The second-order valence-electron chi connectivity index (χ2n) is 6.16. The smallest absolute Gasteiger partial charge is 0.225 e. The van der Waals surface area contributed by atoms with Crippen LogP contribution in [-0.2, 0) is 6.54 Å². The van der Waals surface area contributed by atoms with Gasteiger partial charge in [0.25, 0.3) is 0 Å². The Morgan fingerprint density at radius 3 is 2.96 bits per heavy atom. The van der Waals surface area contributed by atoms with Gasteiger partial charge in [0.2, 0.25) is 5.95 Å². The first-order chi connectivity index (χ1) is 11.1. The van der Waals surface area contributed by atoms with E-state index >= 15 is 0 Å². The second-order valence-corrected chi connectivity index (χ2v) is 6.16. The highest BCUT2D eigenvalue weighted by Gasteiger charge is 2.33. The Morgan fingerprint density at radius 1 is 1.35 bits per heavy atom. The molecule has 1 aliphatic rings. The molecular formula is C16H24N6O. The molecular weight excluding hydrogens is 292 g/mol. The lowest BCUT2D eigenvalue weighted by molar-refractivity contribution is 0.166. The molecule has 0 aromatic carbocycles. The maximum Gasteiger partial charge on any atom is 0.225 e. The van der Waals surface area contributed by atoms with Gasteiger partial charge in [0.15, 0.2) is 0 Å². The molecule has 23 heavy (non-hydrogen) atoms. The molecule has 0 bridgehead atoms. The number of nitrogens with zero attached hydrogens (tertiary/aromatic N) is 4. The van der Waals surface area contributed by atoms with Crippen molar-refractivity contribution in [1.82, 2.24) is 19.5 Å². The minimum absolute atomic E-state index is 0.0141. The van der Waals surface area contributed by atoms with E-state index in [2.05, 4.69) is 30.2 Å². The Labute approximate surface area is 136 Å². The van der Waals surface area contributed by atoms with Gasteiger partial charge in [-0.2, -0.15) is 4.98 Å². The first-order valence-electron chi connectivity index (χ1n) is 8.14. The summed E-state index contributed by atoms with van der Waals surface area (Å²) in [4.78, 5) is 13.0. The average Bonchev–Trinajstić information content (AvgIpc) is 3.10. The molecule has 3 N–H and O–H groups in total. The number of rotatable bonds is 6. The van der Waals surface area contributed by atoms with Crippen LogP contribution in [-0.4, -0.2) is 43.3 Å². The predicted molar refractivity (Wildman–Crippen MR) is 89.3 cm³/mol. The van der Waals surface area contributed by atoms with E-state index in [1.165, 1.54) is 0 Å². The van der Waals surface area contributed by atoms with Gasteiger partial charge in [-0.3, -0.25) is 0 Å². The number of imidazole rings is 1. The number of aromatic nitrogens is 4. The Kier molecular flexibility index (Phi) is 4.76. The number of hydrogen-bond donors (Lipinski definition) is 3. The Bertz CT molecular complexity index is 630. The Hall–Kier alpha value is -2.15. The van der Waals surface area contributed by atoms with E-state index < -0.39 is 0 Å². The van der Waals surface area contributed by atoms with E-state index in [9.17, 15) is 5.11 Å². The third-order valence-corrected chi connectivity index (χ3v) is 4.18. The van der Waals surface area contributed by atoms with Gasteiger partial charge in [0.1, 0.15) is 5.82 Å². The fourth-order valence-electron chi connectivity index (χ4n) is 3.19. The van der Waals surface area contributed by atoms with Crippen LogP contribution in [0, 0.1) is 12.8 Å². The predicted octanol–water partition coefficient (Wildman–Crippen LogP) is 1.66. The van der Waals surface area contributed by atoms with Gasteiger partial charge in [0, 0.05) is 37.2 Å². The molecule has 1 saturated carbocycles. The summed E-state index contributed by atoms with van der Waals surface area (Å²) in [6.45, 7) is 5.67. The summed E-state index contributed by atoms with van der Waals surface area (Å²) in [6.07, 6.45) is 6.85. The van der Waals surface area contributed by atoms with Crippen molar-refractivity contribution < 1.29 is 5.11 Å². The molecule has 3 atom stereocenters. The van der Waals surface area contributed by atoms with E-state index in [4.69, 9.17) is 0 Å². The van der Waals surface area contributed by atoms with Crippen LogP contribution in [0.5, 0.6) is 0 Å². The molecule has 1 aliphatic carbocycles. The topological polar surface area (TPSA) is 87.9 Å². The van der Waals surface area contributed by atoms with Crippen LogP contribution < -0.4 is 10.6 Å². The molecule has 0 aliphatic heterocycles. The minimum atomic E-state index is -0.379. The molecule has 124 valence electrons. The van der Waals surface area contributed by atoms with E-state index in [0.717, 1.165) is 37.4 Å². The summed E-state index contributed by atoms with van der Waals surface area (Å²) < 4.78 is 2.06. The van der Waals surface area contributed by atoms with Crippen LogP contribution in [0.4, 0.5) is 11.8 Å². The lowest BCUT2D eigenvalue weighted by Crippen LogP contribution is -2.29. The lowest BCUT2D eigenvalue weighted by Gasteiger charge is -2.17. The first kappa shape index (κ1) is 15.7. The number of aliphatic hydroxyl groups is 1. The Morgan fingerprint density at radius 2 is 2.22 bits per heavy atom. The first-order valence-corrected chi connectivity index (χ1v) is 8.14. The standard InChI is InChI=1S/C16H24N6O/c1-3-18-15-6-11(2)19-16(21-15)20-13-7-12(8-14(13)23)9-22-5-4-17-10-22/h4-6,10,12-14,23H,3,7-9H2,1-2H3,(H2,18,19,20,21)/t12?,13-,14-/m1/s1. The molecule has 2 heterocycles. The number of hydrogen-bond acceptors (Lipinski definition) is 6. The van der Waals surface area contributed by atoms with Crippen molar-refractivity contribution >= 4 is 11.8 Å². The van der Waals surface area contributed by atoms with Gasteiger partial charge in [-0.15, -0.1) is 0 Å². The largest absolute Gasteiger partial charge is 0.391 e. The molecule has 0 saturated heterocycles. The van der Waals surface area contributed by atoms with Crippen molar-refractivity contribution in [3.05, 3.63) is 30.5 Å². The van der Waals surface area contributed by atoms with Crippen LogP contribution in [0.3, 0.4) is 0 Å². The maximum atomic E-state index is 10.3. The molecule has 7 nitrogen and oxygen atoms in total. The molecule has 1 fully saturated rings. The highest BCUT2D eigenvalue weighted by Crippen LogP contribution is 2.29. The zero-order valence-corrected chi connectivity index (χ0v) is 13.6. The molecule has 3 rings (SSSR count). The SMILES string of the molecule is CCNc1cc(C)nc(N[C@@H]2CC(Cn3ccnc3)C[C@H]2O)n1. The normalized spacial score (nSPS) is 23.9. The fourth-order valence-corrected chi connectivity index (χ4v) is 3.19. The number of aliphatic hydroxyl groups excluding tert-OH is 1. The van der Waals surface area contributed by atoms with Gasteiger partial charge in [-0.1, -0.05) is 0 Å². The fraction of sp³-hybridized carbons (Fsp3) is 0.562. The van der Waals surface area contributed by atoms with Gasteiger partial charge in [-0.25, -0.2) is 9.97 Å². The summed E-state index contributed by atoms with van der Waals surface area (Å²) in [5.74, 6) is 1.81. The molecule has 1 unspecified atom stereocenters. The Balaban J connectivity index is 1.63. The number of anilines is 2. The third-order valence-electron chi connectivity index (χ3n) is 4.18. The van der Waals surface area contributed by atoms with Gasteiger partial charge < -0.3 is 20.3 Å². The van der Waals surface area contributed by atoms with Gasteiger partial charge in [0.05, 0.1) is 18.5 Å². The van der Waals surface area contributed by atoms with Crippen LogP contribution in [0.1, 0.15) is 25.5 Å². The van der Waals surface area contributed by atoms with E-state index in [1.807, 2.05) is 32.4 Å². The van der Waals surface area contributed by atoms with Crippen molar-refractivity contribution in [3.8, 4) is 0 Å².